The van der Waals surface area contributed by atoms with Crippen LogP contribution in [0.15, 0.2) is 35.4 Å². The van der Waals surface area contributed by atoms with Crippen molar-refractivity contribution < 1.29 is 23.4 Å². The molecule has 0 aromatic heterocycles. The molecule has 0 saturated heterocycles. The number of hydrogen-bond acceptors (Lipinski definition) is 3. The van der Waals surface area contributed by atoms with Crippen LogP contribution in [-0.2, 0) is 16.1 Å². The van der Waals surface area contributed by atoms with Gasteiger partial charge in [-0.15, -0.1) is 0 Å². The Labute approximate surface area is 107 Å². The van der Waals surface area contributed by atoms with Gasteiger partial charge in [0, 0.05) is 4.91 Å². The molecule has 1 rings (SSSR count). The van der Waals surface area contributed by atoms with Crippen molar-refractivity contribution in [1.82, 2.24) is 0 Å². The van der Waals surface area contributed by atoms with E-state index in [1.54, 1.807) is 30.3 Å². The van der Waals surface area contributed by atoms with Gasteiger partial charge in [0.25, 0.3) is 5.92 Å². The summed E-state index contributed by atoms with van der Waals surface area (Å²) in [5.41, 5.74) is 8.56. The van der Waals surface area contributed by atoms with Gasteiger partial charge in [-0.2, -0.15) is 0 Å². The molecule has 19 heavy (non-hydrogen) atoms. The lowest BCUT2D eigenvalue weighted by molar-refractivity contribution is -0.180. The van der Waals surface area contributed by atoms with Crippen molar-refractivity contribution in [1.29, 1.82) is 0 Å². The van der Waals surface area contributed by atoms with Gasteiger partial charge in [0.15, 0.2) is 0 Å². The van der Waals surface area contributed by atoms with Crippen LogP contribution in [0.2, 0.25) is 0 Å². The van der Waals surface area contributed by atoms with Gasteiger partial charge in [-0.05, 0) is 11.1 Å². The summed E-state index contributed by atoms with van der Waals surface area (Å²) in [6, 6.07) is 8.31. The summed E-state index contributed by atoms with van der Waals surface area (Å²) >= 11 is 0. The number of ether oxygens (including phenoxy) is 1. The number of carbonyl (C=O) groups is 1. The van der Waals surface area contributed by atoms with E-state index >= 15 is 0 Å². The monoisotopic (exact) mass is 271 g/mol. The number of halogens is 2. The summed E-state index contributed by atoms with van der Waals surface area (Å²) in [5.74, 6) is -5.58. The summed E-state index contributed by atoms with van der Waals surface area (Å²) in [6.07, 6.45) is -2.36. The van der Waals surface area contributed by atoms with Gasteiger partial charge >= 0.3 is 5.97 Å². The van der Waals surface area contributed by atoms with E-state index in [4.69, 9.17) is 15.4 Å². The average molecular weight is 271 g/mol. The van der Waals surface area contributed by atoms with Gasteiger partial charge in [0.05, 0.1) is 13.2 Å². The molecular formula is C11H11F2N3O3. The molecule has 0 aliphatic heterocycles. The Bertz CT molecular complexity index is 475. The van der Waals surface area contributed by atoms with E-state index in [2.05, 4.69) is 10.0 Å². The van der Waals surface area contributed by atoms with E-state index in [0.29, 0.717) is 5.56 Å². The van der Waals surface area contributed by atoms with Crippen LogP contribution >= 0.6 is 0 Å². The molecule has 0 aliphatic carbocycles. The minimum atomic E-state index is -3.77. The lowest BCUT2D eigenvalue weighted by Crippen LogP contribution is -2.44. The normalized spacial score (nSPS) is 12.5. The second kappa shape index (κ2) is 6.67. The summed E-state index contributed by atoms with van der Waals surface area (Å²) in [5, 5.41) is 11.4. The fraction of sp³-hybridized carbons (Fsp3) is 0.364. The first-order valence-electron chi connectivity index (χ1n) is 5.24. The van der Waals surface area contributed by atoms with Crippen LogP contribution in [0, 0.1) is 0 Å². The van der Waals surface area contributed by atoms with E-state index in [9.17, 15) is 13.6 Å². The number of azide groups is 1. The number of nitrogens with zero attached hydrogens (tertiary/aromatic N) is 3. The Kier molecular flexibility index (Phi) is 5.23. The van der Waals surface area contributed by atoms with Crippen molar-refractivity contribution in [3.05, 3.63) is 46.3 Å². The first-order chi connectivity index (χ1) is 8.97. The smallest absolute Gasteiger partial charge is 0.339 e. The minimum absolute atomic E-state index is 0.274. The molecule has 0 unspecified atom stereocenters. The molecule has 0 amide bonds. The second-order valence-corrected chi connectivity index (χ2v) is 3.66. The van der Waals surface area contributed by atoms with Crippen molar-refractivity contribution in [2.24, 2.45) is 5.11 Å². The number of aliphatic carboxylic acids is 1. The van der Waals surface area contributed by atoms with Crippen LogP contribution in [0.4, 0.5) is 8.78 Å². The molecule has 6 nitrogen and oxygen atoms in total. The molecule has 8 heteroatoms. The quantitative estimate of drug-likeness (QED) is 0.469. The van der Waals surface area contributed by atoms with Crippen LogP contribution in [-0.4, -0.2) is 29.6 Å². The molecule has 0 bridgehead atoms. The van der Waals surface area contributed by atoms with Crippen LogP contribution in [0.25, 0.3) is 10.4 Å². The van der Waals surface area contributed by atoms with Gasteiger partial charge in [-0.25, -0.2) is 13.6 Å². The van der Waals surface area contributed by atoms with Crippen molar-refractivity contribution in [2.45, 2.75) is 18.6 Å². The van der Waals surface area contributed by atoms with E-state index < -0.39 is 24.5 Å². The highest BCUT2D eigenvalue weighted by molar-refractivity contribution is 5.73. The largest absolute Gasteiger partial charge is 0.479 e. The van der Waals surface area contributed by atoms with Crippen molar-refractivity contribution in [2.75, 3.05) is 6.54 Å². The zero-order chi connectivity index (χ0) is 14.3. The summed E-state index contributed by atoms with van der Waals surface area (Å²) < 4.78 is 31.6. The topological polar surface area (TPSA) is 95.3 Å². The Morgan fingerprint density at radius 2 is 2.11 bits per heavy atom. The highest BCUT2D eigenvalue weighted by Crippen LogP contribution is 2.23. The third-order valence-corrected chi connectivity index (χ3v) is 2.21. The molecular weight excluding hydrogens is 260 g/mol. The molecule has 1 N–H and O–H groups in total. The van der Waals surface area contributed by atoms with Gasteiger partial charge in [-0.1, -0.05) is 35.4 Å². The summed E-state index contributed by atoms with van der Waals surface area (Å²) in [6.45, 7) is -1.54. The predicted octanol–water partition coefficient (Wildman–Crippen LogP) is 2.60. The number of alkyl halides is 2. The van der Waals surface area contributed by atoms with Crippen molar-refractivity contribution in [3.63, 3.8) is 0 Å². The zero-order valence-corrected chi connectivity index (χ0v) is 9.74. The maximum absolute atomic E-state index is 13.5. The Balaban J connectivity index is 2.73. The maximum atomic E-state index is 13.5. The first kappa shape index (κ1) is 14.9. The molecule has 0 saturated carbocycles. The van der Waals surface area contributed by atoms with Crippen molar-refractivity contribution >= 4 is 5.97 Å². The first-order valence-corrected chi connectivity index (χ1v) is 5.24. The average Bonchev–Trinajstić information content (AvgIpc) is 2.37. The molecule has 0 spiro atoms. The number of carboxylic acids is 1. The van der Waals surface area contributed by atoms with Crippen LogP contribution < -0.4 is 0 Å². The highest BCUT2D eigenvalue weighted by Gasteiger charge is 2.45. The zero-order valence-electron chi connectivity index (χ0n) is 9.74. The van der Waals surface area contributed by atoms with Gasteiger partial charge < -0.3 is 9.84 Å². The molecule has 1 aromatic carbocycles. The Hall–Kier alpha value is -2.18. The fourth-order valence-electron chi connectivity index (χ4n) is 1.34. The van der Waals surface area contributed by atoms with Crippen LogP contribution in [0.1, 0.15) is 5.56 Å². The summed E-state index contributed by atoms with van der Waals surface area (Å²) in [4.78, 5) is 13.0. The highest BCUT2D eigenvalue weighted by atomic mass is 19.3. The number of benzene rings is 1. The fourth-order valence-corrected chi connectivity index (χ4v) is 1.34. The number of hydrogen-bond donors (Lipinski definition) is 1. The molecule has 1 aromatic rings. The lowest BCUT2D eigenvalue weighted by atomic mass is 10.2. The van der Waals surface area contributed by atoms with Crippen molar-refractivity contribution in [3.8, 4) is 0 Å². The second-order valence-electron chi connectivity index (χ2n) is 3.66. The van der Waals surface area contributed by atoms with Gasteiger partial charge in [-0.3, -0.25) is 0 Å². The number of rotatable bonds is 7. The van der Waals surface area contributed by atoms with Gasteiger partial charge in [0.2, 0.25) is 6.10 Å². The maximum Gasteiger partial charge on any atom is 0.339 e. The van der Waals surface area contributed by atoms with Crippen LogP contribution in [0.5, 0.6) is 0 Å². The predicted molar refractivity (Wildman–Crippen MR) is 61.6 cm³/mol. The number of carboxylic acid groups (broad SMARTS) is 1. The molecule has 0 fully saturated rings. The Morgan fingerprint density at radius 3 is 2.63 bits per heavy atom. The molecule has 0 aliphatic rings. The minimum Gasteiger partial charge on any atom is -0.479 e. The van der Waals surface area contributed by atoms with E-state index in [1.165, 1.54) is 0 Å². The van der Waals surface area contributed by atoms with Gasteiger partial charge in [0.1, 0.15) is 0 Å². The molecule has 0 heterocycles. The molecule has 1 atom stereocenters. The third-order valence-electron chi connectivity index (χ3n) is 2.21. The molecule has 102 valence electrons. The van der Waals surface area contributed by atoms with E-state index in [-0.39, 0.29) is 6.61 Å². The standard InChI is InChI=1S/C11H11F2N3O3/c12-11(13,7-15-16-14)9(10(17)18)19-6-8-4-2-1-3-5-8/h1-5,9H,6-7H2,(H,17,18)/t9-/m1/s1. The lowest BCUT2D eigenvalue weighted by Gasteiger charge is -2.22. The van der Waals surface area contributed by atoms with E-state index in [0.717, 1.165) is 0 Å². The van der Waals surface area contributed by atoms with E-state index in [1.807, 2.05) is 0 Å². The SMILES string of the molecule is [N-]=[N+]=NCC(F)(F)[C@H](OCc1ccccc1)C(=O)O. The summed E-state index contributed by atoms with van der Waals surface area (Å²) in [7, 11) is 0. The molecule has 0 radical (unpaired) electrons. The third kappa shape index (κ3) is 4.53. The van der Waals surface area contributed by atoms with Crippen LogP contribution in [0.3, 0.4) is 0 Å². The Morgan fingerprint density at radius 1 is 1.47 bits per heavy atom.